The molecule has 30 heavy (non-hydrogen) atoms. The largest absolute Gasteiger partial charge is 0.508 e. The molecule has 0 radical (unpaired) electrons. The van der Waals surface area contributed by atoms with Gasteiger partial charge in [-0.2, -0.15) is 5.10 Å². The van der Waals surface area contributed by atoms with E-state index in [9.17, 15) is 9.90 Å². The summed E-state index contributed by atoms with van der Waals surface area (Å²) in [6, 6.07) is 26.5. The maximum Gasteiger partial charge on any atom is 0.250 e. The Balaban J connectivity index is 1.51. The second-order valence-electron chi connectivity index (χ2n) is 7.25. The van der Waals surface area contributed by atoms with Crippen molar-refractivity contribution in [1.29, 1.82) is 0 Å². The number of rotatable bonds is 4. The minimum atomic E-state index is -0.0279. The predicted octanol–water partition coefficient (Wildman–Crippen LogP) is 4.81. The van der Waals surface area contributed by atoms with Crippen LogP contribution >= 0.6 is 0 Å². The Morgan fingerprint density at radius 3 is 2.37 bits per heavy atom. The lowest BCUT2D eigenvalue weighted by molar-refractivity contribution is 0.475. The summed E-state index contributed by atoms with van der Waals surface area (Å²) in [5.41, 5.74) is 5.71. The molecule has 2 aromatic heterocycles. The van der Waals surface area contributed by atoms with Crippen molar-refractivity contribution in [3.05, 3.63) is 107 Å². The van der Waals surface area contributed by atoms with Crippen LogP contribution in [0.15, 0.2) is 95.9 Å². The summed E-state index contributed by atoms with van der Waals surface area (Å²) in [5, 5.41) is 18.1. The summed E-state index contributed by atoms with van der Waals surface area (Å²) in [6.07, 6.45) is 1.90. The molecule has 0 aliphatic heterocycles. The van der Waals surface area contributed by atoms with Gasteiger partial charge in [-0.15, -0.1) is 0 Å². The third-order valence-electron chi connectivity index (χ3n) is 5.22. The normalized spacial score (nSPS) is 11.1. The van der Waals surface area contributed by atoms with Gasteiger partial charge in [-0.1, -0.05) is 36.4 Å². The first-order valence-electron chi connectivity index (χ1n) is 9.70. The van der Waals surface area contributed by atoms with Crippen LogP contribution in [0.1, 0.15) is 5.56 Å². The van der Waals surface area contributed by atoms with Crippen LogP contribution in [0.25, 0.3) is 33.3 Å². The summed E-state index contributed by atoms with van der Waals surface area (Å²) in [4.78, 5) is 12.3. The van der Waals surface area contributed by atoms with Crippen molar-refractivity contribution >= 4 is 10.9 Å². The standard InChI is InChI=1S/C25H19N3O2/c29-21-10-6-18(7-11-21)25-22-12-8-19(14-23(22)26-27-25)20-9-13-24(30)28(16-20)15-17-4-2-1-3-5-17/h1-14,16,29H,15H2,(H,26,27). The number of phenolic OH excluding ortho intramolecular Hbond substituents is 1. The number of hydrogen-bond acceptors (Lipinski definition) is 3. The third-order valence-corrected chi connectivity index (χ3v) is 5.22. The molecule has 0 aliphatic rings. The number of aromatic hydroxyl groups is 1. The van der Waals surface area contributed by atoms with Crippen molar-refractivity contribution in [3.63, 3.8) is 0 Å². The van der Waals surface area contributed by atoms with Crippen LogP contribution in [0.3, 0.4) is 0 Å². The molecule has 0 saturated heterocycles. The molecule has 2 heterocycles. The van der Waals surface area contributed by atoms with E-state index in [0.717, 1.165) is 38.9 Å². The van der Waals surface area contributed by atoms with Crippen LogP contribution < -0.4 is 5.56 Å². The van der Waals surface area contributed by atoms with Crippen LogP contribution in [0, 0.1) is 0 Å². The number of hydrogen-bond donors (Lipinski definition) is 2. The molecule has 2 N–H and O–H groups in total. The van der Waals surface area contributed by atoms with Gasteiger partial charge in [0.25, 0.3) is 5.56 Å². The quantitative estimate of drug-likeness (QED) is 0.460. The highest BCUT2D eigenvalue weighted by atomic mass is 16.3. The topological polar surface area (TPSA) is 70.9 Å². The van der Waals surface area contributed by atoms with E-state index >= 15 is 0 Å². The third kappa shape index (κ3) is 3.37. The van der Waals surface area contributed by atoms with Gasteiger partial charge in [0.2, 0.25) is 0 Å². The Hall–Kier alpha value is -4.12. The molecule has 5 aromatic rings. The van der Waals surface area contributed by atoms with Gasteiger partial charge in [0.15, 0.2) is 0 Å². The molecule has 146 valence electrons. The molecule has 0 saturated carbocycles. The predicted molar refractivity (Wildman–Crippen MR) is 118 cm³/mol. The molecule has 3 aromatic carbocycles. The smallest absolute Gasteiger partial charge is 0.250 e. The SMILES string of the molecule is O=c1ccc(-c2ccc3c(-c4ccc(O)cc4)n[nH]c3c2)cn1Cc1ccccc1. The number of pyridine rings is 1. The van der Waals surface area contributed by atoms with Crippen molar-refractivity contribution in [1.82, 2.24) is 14.8 Å². The van der Waals surface area contributed by atoms with E-state index in [1.807, 2.05) is 72.9 Å². The molecule has 0 aliphatic carbocycles. The molecule has 5 heteroatoms. The zero-order valence-corrected chi connectivity index (χ0v) is 16.1. The molecule has 0 amide bonds. The molecule has 0 unspecified atom stereocenters. The highest BCUT2D eigenvalue weighted by Crippen LogP contribution is 2.30. The van der Waals surface area contributed by atoms with E-state index in [1.54, 1.807) is 22.8 Å². The second kappa shape index (κ2) is 7.37. The Kier molecular flexibility index (Phi) is 4.41. The fourth-order valence-corrected chi connectivity index (χ4v) is 3.64. The molecule has 5 rings (SSSR count). The van der Waals surface area contributed by atoms with Gasteiger partial charge < -0.3 is 9.67 Å². The number of H-pyrrole nitrogens is 1. The average Bonchev–Trinajstić information content (AvgIpc) is 3.20. The number of aromatic nitrogens is 3. The van der Waals surface area contributed by atoms with Crippen LogP contribution in [-0.2, 0) is 6.54 Å². The van der Waals surface area contributed by atoms with Crippen LogP contribution in [0.5, 0.6) is 5.75 Å². The summed E-state index contributed by atoms with van der Waals surface area (Å²) >= 11 is 0. The molecule has 0 atom stereocenters. The van der Waals surface area contributed by atoms with Crippen molar-refractivity contribution in [2.24, 2.45) is 0 Å². The zero-order valence-electron chi connectivity index (χ0n) is 16.1. The van der Waals surface area contributed by atoms with Gasteiger partial charge in [-0.05, 0) is 59.2 Å². The van der Waals surface area contributed by atoms with Crippen molar-refractivity contribution in [2.75, 3.05) is 0 Å². The van der Waals surface area contributed by atoms with Gasteiger partial charge >= 0.3 is 0 Å². The highest BCUT2D eigenvalue weighted by molar-refractivity contribution is 5.95. The van der Waals surface area contributed by atoms with Gasteiger partial charge in [0.05, 0.1) is 17.8 Å². The van der Waals surface area contributed by atoms with E-state index in [0.29, 0.717) is 6.54 Å². The lowest BCUT2D eigenvalue weighted by atomic mass is 10.0. The molecule has 0 bridgehead atoms. The minimum absolute atomic E-state index is 0.0279. The number of aromatic amines is 1. The minimum Gasteiger partial charge on any atom is -0.508 e. The van der Waals surface area contributed by atoms with Crippen LogP contribution in [-0.4, -0.2) is 19.9 Å². The maximum atomic E-state index is 12.3. The Labute approximate surface area is 172 Å². The van der Waals surface area contributed by atoms with Crippen molar-refractivity contribution in [3.8, 4) is 28.1 Å². The fraction of sp³-hybridized carbons (Fsp3) is 0.0400. The van der Waals surface area contributed by atoms with E-state index in [4.69, 9.17) is 0 Å². The first-order valence-corrected chi connectivity index (χ1v) is 9.70. The Bertz CT molecular complexity index is 1380. The van der Waals surface area contributed by atoms with Crippen LogP contribution in [0.2, 0.25) is 0 Å². The summed E-state index contributed by atoms with van der Waals surface area (Å²) in [6.45, 7) is 0.533. The number of fused-ring (bicyclic) bond motifs is 1. The van der Waals surface area contributed by atoms with Gasteiger partial charge in [0, 0.05) is 23.2 Å². The van der Waals surface area contributed by atoms with E-state index in [2.05, 4.69) is 10.2 Å². The first-order chi connectivity index (χ1) is 14.7. The summed E-state index contributed by atoms with van der Waals surface area (Å²) in [7, 11) is 0. The molecular formula is C25H19N3O2. The van der Waals surface area contributed by atoms with E-state index in [-0.39, 0.29) is 11.3 Å². The maximum absolute atomic E-state index is 12.3. The monoisotopic (exact) mass is 393 g/mol. The van der Waals surface area contributed by atoms with E-state index < -0.39 is 0 Å². The van der Waals surface area contributed by atoms with Crippen molar-refractivity contribution < 1.29 is 5.11 Å². The molecule has 5 nitrogen and oxygen atoms in total. The average molecular weight is 393 g/mol. The van der Waals surface area contributed by atoms with Gasteiger partial charge in [-0.25, -0.2) is 0 Å². The number of phenols is 1. The first kappa shape index (κ1) is 17.9. The van der Waals surface area contributed by atoms with Gasteiger partial charge in [0.1, 0.15) is 5.75 Å². The zero-order chi connectivity index (χ0) is 20.5. The van der Waals surface area contributed by atoms with Gasteiger partial charge in [-0.3, -0.25) is 9.89 Å². The molecule has 0 spiro atoms. The molecule has 0 fully saturated rings. The van der Waals surface area contributed by atoms with E-state index in [1.165, 1.54) is 0 Å². The number of nitrogens with one attached hydrogen (secondary N) is 1. The second-order valence-corrected chi connectivity index (χ2v) is 7.25. The number of nitrogens with zero attached hydrogens (tertiary/aromatic N) is 2. The number of benzene rings is 3. The molecular weight excluding hydrogens is 374 g/mol. The van der Waals surface area contributed by atoms with Crippen molar-refractivity contribution in [2.45, 2.75) is 6.54 Å². The van der Waals surface area contributed by atoms with Crippen LogP contribution in [0.4, 0.5) is 0 Å². The summed E-state index contributed by atoms with van der Waals surface area (Å²) in [5.74, 6) is 0.228. The fourth-order valence-electron chi connectivity index (χ4n) is 3.64. The Morgan fingerprint density at radius 2 is 1.57 bits per heavy atom. The Morgan fingerprint density at radius 1 is 0.833 bits per heavy atom. The lowest BCUT2D eigenvalue weighted by Gasteiger charge is -2.09. The highest BCUT2D eigenvalue weighted by Gasteiger charge is 2.10. The summed E-state index contributed by atoms with van der Waals surface area (Å²) < 4.78 is 1.73. The lowest BCUT2D eigenvalue weighted by Crippen LogP contribution is -2.19.